The fraction of sp³-hybridized carbons (Fsp3) is 0.667. The van der Waals surface area contributed by atoms with Gasteiger partial charge in [0.25, 0.3) is 0 Å². The highest BCUT2D eigenvalue weighted by Crippen LogP contribution is 2.51. The highest BCUT2D eigenvalue weighted by atomic mass is 14.4. The molecule has 0 bridgehead atoms. The van der Waals surface area contributed by atoms with E-state index in [-0.39, 0.29) is 8.41 Å². The maximum Gasteiger partial charge on any atom is 0 e. The summed E-state index contributed by atoms with van der Waals surface area (Å²) in [6.45, 7) is 11.8. The van der Waals surface area contributed by atoms with Crippen molar-refractivity contribution < 1.29 is 0 Å². The van der Waals surface area contributed by atoms with Crippen molar-refractivity contribution in [2.24, 2.45) is 11.8 Å². The molecule has 0 nitrogen and oxygen atoms in total. The lowest BCUT2D eigenvalue weighted by atomic mass is 9.74. The van der Waals surface area contributed by atoms with Gasteiger partial charge in [-0.1, -0.05) is 13.3 Å². The molecule has 0 amide bonds. The van der Waals surface area contributed by atoms with E-state index in [0.717, 1.165) is 17.8 Å². The van der Waals surface area contributed by atoms with E-state index in [9.17, 15) is 0 Å². The molecular weight excluding hydrogens is 227 g/mol. The third-order valence-corrected chi connectivity index (χ3v) is 5.95. The molecule has 0 spiro atoms. The van der Waals surface area contributed by atoms with Crippen LogP contribution >= 0.6 is 0 Å². The van der Waals surface area contributed by atoms with Gasteiger partial charge in [0.2, 0.25) is 0 Å². The molecule has 0 N–H and O–H groups in total. The molecule has 1 fully saturated rings. The molecule has 2 aliphatic carbocycles. The first kappa shape index (κ1) is 14.7. The van der Waals surface area contributed by atoms with Gasteiger partial charge in [-0.25, -0.2) is 0 Å². The zero-order chi connectivity index (χ0) is 13.0. The van der Waals surface area contributed by atoms with Crippen molar-refractivity contribution in [2.75, 3.05) is 0 Å². The van der Waals surface area contributed by atoms with E-state index in [1.165, 1.54) is 31.2 Å². The lowest BCUT2D eigenvalue weighted by molar-refractivity contribution is 0.261. The first-order valence-corrected chi connectivity index (χ1v) is 7.59. The molecule has 0 heterocycles. The summed E-state index contributed by atoms with van der Waals surface area (Å²) in [7, 11) is 0. The molecule has 101 valence electrons. The van der Waals surface area contributed by atoms with Crippen molar-refractivity contribution in [1.82, 2.24) is 0 Å². The monoisotopic (exact) mass is 253 g/mol. The van der Waals surface area contributed by atoms with Gasteiger partial charge in [0.1, 0.15) is 0 Å². The van der Waals surface area contributed by atoms with Crippen molar-refractivity contribution in [2.45, 2.75) is 66.2 Å². The van der Waals surface area contributed by atoms with Gasteiger partial charge < -0.3 is 0 Å². The first-order chi connectivity index (χ1) is 8.50. The van der Waals surface area contributed by atoms with Crippen molar-refractivity contribution in [3.05, 3.63) is 33.4 Å². The highest BCUT2D eigenvalue weighted by Gasteiger charge is 2.38. The van der Waals surface area contributed by atoms with Crippen LogP contribution in [0.25, 0.3) is 0 Å². The zero-order valence-corrected chi connectivity index (χ0v) is 13.1. The van der Waals surface area contributed by atoms with Gasteiger partial charge in [-0.2, -0.15) is 0 Å². The number of benzene rings is 1. The highest BCUT2D eigenvalue weighted by molar-refractivity contribution is 5.75. The Morgan fingerprint density at radius 1 is 0.842 bits per heavy atom. The van der Waals surface area contributed by atoms with Crippen LogP contribution in [0, 0.1) is 39.5 Å². The summed E-state index contributed by atoms with van der Waals surface area (Å²) >= 11 is 0. The third-order valence-electron chi connectivity index (χ3n) is 5.95. The maximum absolute atomic E-state index is 2.44. The molecule has 1 aromatic carbocycles. The molecular formula is C18H26B. The molecule has 1 heteroatoms. The SMILES string of the molecule is Cc1c(C)c(C)c2c(c1C)CC1CC(C)CCC21.[B]. The van der Waals surface area contributed by atoms with E-state index < -0.39 is 0 Å². The summed E-state index contributed by atoms with van der Waals surface area (Å²) in [6.07, 6.45) is 5.68. The molecule has 2 aliphatic rings. The van der Waals surface area contributed by atoms with Gasteiger partial charge >= 0.3 is 0 Å². The van der Waals surface area contributed by atoms with Gasteiger partial charge in [-0.05, 0) is 98.1 Å². The second kappa shape index (κ2) is 5.00. The molecule has 3 unspecified atom stereocenters. The Balaban J connectivity index is 0.00000133. The fourth-order valence-corrected chi connectivity index (χ4v) is 4.55. The second-order valence-electron chi connectivity index (χ2n) is 6.88. The van der Waals surface area contributed by atoms with E-state index in [2.05, 4.69) is 34.6 Å². The first-order valence-electron chi connectivity index (χ1n) is 7.59. The van der Waals surface area contributed by atoms with Gasteiger partial charge in [-0.15, -0.1) is 0 Å². The largest absolute Gasteiger partial charge is 0.0625 e. The van der Waals surface area contributed by atoms with Gasteiger partial charge in [0, 0.05) is 8.41 Å². The zero-order valence-electron chi connectivity index (χ0n) is 13.1. The van der Waals surface area contributed by atoms with Gasteiger partial charge in [0.05, 0.1) is 0 Å². The number of fused-ring (bicyclic) bond motifs is 3. The van der Waals surface area contributed by atoms with Gasteiger partial charge in [0.15, 0.2) is 0 Å². The Labute approximate surface area is 120 Å². The van der Waals surface area contributed by atoms with Crippen molar-refractivity contribution in [1.29, 1.82) is 0 Å². The molecule has 1 saturated carbocycles. The third kappa shape index (κ3) is 2.06. The van der Waals surface area contributed by atoms with Crippen LogP contribution in [0.1, 0.15) is 65.5 Å². The Morgan fingerprint density at radius 3 is 2.16 bits per heavy atom. The standard InChI is InChI=1S/C18H26.B/c1-10-6-7-16-15(8-10)9-17-13(4)11(2)12(3)14(5)18(16)17;/h10,15-16H,6-9H2,1-5H3;. The Kier molecular flexibility index (Phi) is 3.86. The Hall–Kier alpha value is -0.715. The predicted molar refractivity (Wildman–Crippen MR) is 84.1 cm³/mol. The van der Waals surface area contributed by atoms with Crippen molar-refractivity contribution in [3.63, 3.8) is 0 Å². The molecule has 0 aromatic heterocycles. The molecule has 3 atom stereocenters. The average Bonchev–Trinajstić information content (AvgIpc) is 2.72. The normalized spacial score (nSPS) is 28.6. The van der Waals surface area contributed by atoms with Crippen LogP contribution in [0.5, 0.6) is 0 Å². The minimum atomic E-state index is 0. The van der Waals surface area contributed by atoms with Crippen molar-refractivity contribution in [3.8, 4) is 0 Å². The lowest BCUT2D eigenvalue weighted by Gasteiger charge is -2.31. The molecule has 19 heavy (non-hydrogen) atoms. The maximum atomic E-state index is 2.44. The minimum Gasteiger partial charge on any atom is -0.0625 e. The van der Waals surface area contributed by atoms with E-state index >= 15 is 0 Å². The smallest absolute Gasteiger partial charge is 0 e. The summed E-state index contributed by atoms with van der Waals surface area (Å²) in [4.78, 5) is 0. The van der Waals surface area contributed by atoms with Crippen LogP contribution in [0.2, 0.25) is 0 Å². The minimum absolute atomic E-state index is 0. The van der Waals surface area contributed by atoms with Crippen LogP contribution in [0.4, 0.5) is 0 Å². The molecule has 3 radical (unpaired) electrons. The van der Waals surface area contributed by atoms with E-state index in [1.54, 1.807) is 27.8 Å². The molecule has 0 aliphatic heterocycles. The van der Waals surface area contributed by atoms with Crippen LogP contribution < -0.4 is 0 Å². The van der Waals surface area contributed by atoms with Gasteiger partial charge in [-0.3, -0.25) is 0 Å². The average molecular weight is 253 g/mol. The lowest BCUT2D eigenvalue weighted by Crippen LogP contribution is -2.19. The van der Waals surface area contributed by atoms with Crippen molar-refractivity contribution >= 4 is 8.41 Å². The Bertz CT molecular complexity index is 501. The number of rotatable bonds is 0. The molecule has 1 aromatic rings. The summed E-state index contributed by atoms with van der Waals surface area (Å²) in [5.74, 6) is 2.78. The summed E-state index contributed by atoms with van der Waals surface area (Å²) in [6, 6.07) is 0. The van der Waals surface area contributed by atoms with E-state index in [1.807, 2.05) is 0 Å². The molecule has 0 saturated heterocycles. The predicted octanol–water partition coefficient (Wildman–Crippen LogP) is 4.62. The van der Waals surface area contributed by atoms with Crippen LogP contribution in [-0.4, -0.2) is 8.41 Å². The Morgan fingerprint density at radius 2 is 1.47 bits per heavy atom. The van der Waals surface area contributed by atoms with Crippen LogP contribution in [0.3, 0.4) is 0 Å². The number of hydrogen-bond donors (Lipinski definition) is 0. The van der Waals surface area contributed by atoms with Crippen LogP contribution in [0.15, 0.2) is 0 Å². The summed E-state index contributed by atoms with van der Waals surface area (Å²) in [5, 5.41) is 0. The number of hydrogen-bond acceptors (Lipinski definition) is 0. The summed E-state index contributed by atoms with van der Waals surface area (Å²) < 4.78 is 0. The second-order valence-corrected chi connectivity index (χ2v) is 6.88. The fourth-order valence-electron chi connectivity index (χ4n) is 4.55. The van der Waals surface area contributed by atoms with E-state index in [4.69, 9.17) is 0 Å². The topological polar surface area (TPSA) is 0 Å². The van der Waals surface area contributed by atoms with E-state index in [0.29, 0.717) is 0 Å². The quantitative estimate of drug-likeness (QED) is 0.592. The molecule has 3 rings (SSSR count). The van der Waals surface area contributed by atoms with Crippen LogP contribution in [-0.2, 0) is 6.42 Å². The summed E-state index contributed by atoms with van der Waals surface area (Å²) in [5.41, 5.74) is 9.76.